The number of nitrogens with zero attached hydrogens (tertiary/aromatic N) is 2. The van der Waals surface area contributed by atoms with Gasteiger partial charge >= 0.3 is 0 Å². The lowest BCUT2D eigenvalue weighted by molar-refractivity contribution is 0.0942. The molecule has 0 amide bonds. The lowest BCUT2D eigenvalue weighted by Crippen LogP contribution is -2.16. The maximum absolute atomic E-state index is 12.7. The van der Waals surface area contributed by atoms with Gasteiger partial charge in [0.2, 0.25) is 0 Å². The van der Waals surface area contributed by atoms with Crippen molar-refractivity contribution in [3.63, 3.8) is 0 Å². The largest absolute Gasteiger partial charge is 0.383 e. The minimum Gasteiger partial charge on any atom is -0.383 e. The average Bonchev–Trinajstić information content (AvgIpc) is 3.04. The zero-order valence-corrected chi connectivity index (χ0v) is 11.9. The molecule has 0 N–H and O–H groups in total. The minimum atomic E-state index is 0.190. The first-order chi connectivity index (χ1) is 9.24. The van der Waals surface area contributed by atoms with E-state index in [-0.39, 0.29) is 11.7 Å². The molecule has 0 aliphatic heterocycles. The van der Waals surface area contributed by atoms with Crippen molar-refractivity contribution in [2.24, 2.45) is 17.8 Å². The van der Waals surface area contributed by atoms with Crippen LogP contribution < -0.4 is 0 Å². The van der Waals surface area contributed by atoms with Gasteiger partial charge < -0.3 is 4.74 Å². The van der Waals surface area contributed by atoms with Crippen LogP contribution in [0.15, 0.2) is 6.20 Å². The van der Waals surface area contributed by atoms with Crippen molar-refractivity contribution in [2.45, 2.75) is 32.2 Å². The van der Waals surface area contributed by atoms with Gasteiger partial charge in [-0.15, -0.1) is 0 Å². The third kappa shape index (κ3) is 2.32. The van der Waals surface area contributed by atoms with Crippen molar-refractivity contribution in [3.8, 4) is 0 Å². The summed E-state index contributed by atoms with van der Waals surface area (Å²) in [6, 6.07) is 0. The topological polar surface area (TPSA) is 44.1 Å². The lowest BCUT2D eigenvalue weighted by Gasteiger charge is -2.06. The molecule has 0 bridgehead atoms. The van der Waals surface area contributed by atoms with Crippen molar-refractivity contribution >= 4 is 17.4 Å². The SMILES string of the molecule is COCCn1ncc(Cl)c1C(=O)C1C2CCCCC21. The van der Waals surface area contributed by atoms with Crippen LogP contribution in [-0.2, 0) is 11.3 Å². The summed E-state index contributed by atoms with van der Waals surface area (Å²) < 4.78 is 6.74. The molecule has 2 saturated carbocycles. The number of carbonyl (C=O) groups is 1. The zero-order chi connectivity index (χ0) is 13.4. The number of halogens is 1. The number of rotatable bonds is 5. The van der Waals surface area contributed by atoms with Gasteiger partial charge in [0.25, 0.3) is 0 Å². The quantitative estimate of drug-likeness (QED) is 0.780. The molecule has 19 heavy (non-hydrogen) atoms. The molecule has 104 valence electrons. The highest BCUT2D eigenvalue weighted by Crippen LogP contribution is 2.56. The van der Waals surface area contributed by atoms with E-state index in [0.717, 1.165) is 0 Å². The van der Waals surface area contributed by atoms with Gasteiger partial charge in [-0.25, -0.2) is 0 Å². The van der Waals surface area contributed by atoms with E-state index in [1.165, 1.54) is 25.7 Å². The Morgan fingerprint density at radius 3 is 2.79 bits per heavy atom. The fraction of sp³-hybridized carbons (Fsp3) is 0.714. The monoisotopic (exact) mass is 282 g/mol. The van der Waals surface area contributed by atoms with Crippen LogP contribution in [-0.4, -0.2) is 29.3 Å². The fourth-order valence-electron chi connectivity index (χ4n) is 3.49. The van der Waals surface area contributed by atoms with Crippen LogP contribution >= 0.6 is 11.6 Å². The summed E-state index contributed by atoms with van der Waals surface area (Å²) in [4.78, 5) is 12.7. The highest BCUT2D eigenvalue weighted by atomic mass is 35.5. The van der Waals surface area contributed by atoms with Crippen molar-refractivity contribution in [1.82, 2.24) is 9.78 Å². The molecule has 3 rings (SSSR count). The third-order valence-electron chi connectivity index (χ3n) is 4.49. The molecule has 1 aromatic rings. The molecule has 2 unspecified atom stereocenters. The summed E-state index contributed by atoms with van der Waals surface area (Å²) in [5.74, 6) is 1.58. The van der Waals surface area contributed by atoms with E-state index >= 15 is 0 Å². The first-order valence-corrected chi connectivity index (χ1v) is 7.36. The number of carbonyl (C=O) groups excluding carboxylic acids is 1. The lowest BCUT2D eigenvalue weighted by atomic mass is 10.0. The Hall–Kier alpha value is -0.870. The molecule has 5 heteroatoms. The van der Waals surface area contributed by atoms with Crippen LogP contribution in [0.5, 0.6) is 0 Å². The van der Waals surface area contributed by atoms with Crippen LogP contribution in [0.25, 0.3) is 0 Å². The minimum absolute atomic E-state index is 0.190. The van der Waals surface area contributed by atoms with Crippen LogP contribution in [0.1, 0.15) is 36.2 Å². The molecule has 4 nitrogen and oxygen atoms in total. The number of hydrogen-bond donors (Lipinski definition) is 0. The highest BCUT2D eigenvalue weighted by Gasteiger charge is 2.55. The molecule has 1 heterocycles. The second-order valence-electron chi connectivity index (χ2n) is 5.56. The number of hydrogen-bond acceptors (Lipinski definition) is 3. The summed E-state index contributed by atoms with van der Waals surface area (Å²) in [6.45, 7) is 1.11. The molecule has 1 aromatic heterocycles. The molecule has 2 atom stereocenters. The summed E-state index contributed by atoms with van der Waals surface area (Å²) in [6.07, 6.45) is 6.50. The Balaban J connectivity index is 1.78. The molecule has 0 saturated heterocycles. The van der Waals surface area contributed by atoms with Crippen molar-refractivity contribution in [3.05, 3.63) is 16.9 Å². The van der Waals surface area contributed by atoms with Gasteiger partial charge in [-0.3, -0.25) is 9.48 Å². The first-order valence-electron chi connectivity index (χ1n) is 6.98. The van der Waals surface area contributed by atoms with E-state index in [9.17, 15) is 4.79 Å². The summed E-state index contributed by atoms with van der Waals surface area (Å²) >= 11 is 6.14. The van der Waals surface area contributed by atoms with Gasteiger partial charge in [0.1, 0.15) is 5.69 Å². The van der Waals surface area contributed by atoms with Crippen molar-refractivity contribution < 1.29 is 9.53 Å². The van der Waals surface area contributed by atoms with Gasteiger partial charge in [-0.1, -0.05) is 24.4 Å². The first kappa shape index (κ1) is 13.1. The second kappa shape index (κ2) is 5.25. The Labute approximate surface area is 118 Å². The van der Waals surface area contributed by atoms with Crippen molar-refractivity contribution in [1.29, 1.82) is 0 Å². The molecule has 2 fully saturated rings. The van der Waals surface area contributed by atoms with E-state index in [1.807, 2.05) is 0 Å². The Morgan fingerprint density at radius 1 is 1.47 bits per heavy atom. The Kier molecular flexibility index (Phi) is 3.63. The number of Topliss-reactive ketones (excluding diaryl/α,β-unsaturated/α-hetero) is 1. The number of ether oxygens (including phenoxy) is 1. The molecule has 0 aromatic carbocycles. The number of fused-ring (bicyclic) bond motifs is 1. The fourth-order valence-corrected chi connectivity index (χ4v) is 3.73. The van der Waals surface area contributed by atoms with E-state index in [0.29, 0.717) is 35.7 Å². The Morgan fingerprint density at radius 2 is 2.16 bits per heavy atom. The standard InChI is InChI=1S/C14H19ClN2O2/c1-19-7-6-17-13(11(15)8-16-17)14(18)12-9-4-2-3-5-10(9)12/h8-10,12H,2-7H2,1H3. The zero-order valence-electron chi connectivity index (χ0n) is 11.1. The summed E-state index contributed by atoms with van der Waals surface area (Å²) in [7, 11) is 1.64. The van der Waals surface area contributed by atoms with Gasteiger partial charge in [0, 0.05) is 13.0 Å². The second-order valence-corrected chi connectivity index (χ2v) is 5.97. The predicted octanol–water partition coefficient (Wildman–Crippen LogP) is 2.80. The van der Waals surface area contributed by atoms with E-state index < -0.39 is 0 Å². The normalized spacial score (nSPS) is 29.1. The molecule has 2 aliphatic rings. The third-order valence-corrected chi connectivity index (χ3v) is 4.77. The van der Waals surface area contributed by atoms with Gasteiger partial charge in [-0.2, -0.15) is 5.10 Å². The molecular weight excluding hydrogens is 264 g/mol. The molecule has 0 radical (unpaired) electrons. The van der Waals surface area contributed by atoms with Crippen molar-refractivity contribution in [2.75, 3.05) is 13.7 Å². The molecular formula is C14H19ClN2O2. The number of methoxy groups -OCH3 is 1. The average molecular weight is 283 g/mol. The molecule has 0 spiro atoms. The van der Waals surface area contributed by atoms with E-state index in [2.05, 4.69) is 5.10 Å². The Bertz CT molecular complexity index is 474. The van der Waals surface area contributed by atoms with Gasteiger partial charge in [0.05, 0.1) is 24.4 Å². The molecule has 2 aliphatic carbocycles. The van der Waals surface area contributed by atoms with Gasteiger partial charge in [-0.05, 0) is 24.7 Å². The smallest absolute Gasteiger partial charge is 0.186 e. The number of aromatic nitrogens is 2. The van der Waals surface area contributed by atoms with Crippen LogP contribution in [0.4, 0.5) is 0 Å². The van der Waals surface area contributed by atoms with Crippen LogP contribution in [0.3, 0.4) is 0 Å². The van der Waals surface area contributed by atoms with E-state index in [4.69, 9.17) is 16.3 Å². The van der Waals surface area contributed by atoms with Gasteiger partial charge in [0.15, 0.2) is 5.78 Å². The number of ketones is 1. The van der Waals surface area contributed by atoms with Crippen LogP contribution in [0, 0.1) is 17.8 Å². The summed E-state index contributed by atoms with van der Waals surface area (Å²) in [5, 5.41) is 4.66. The maximum atomic E-state index is 12.7. The highest BCUT2D eigenvalue weighted by molar-refractivity contribution is 6.33. The summed E-state index contributed by atoms with van der Waals surface area (Å²) in [5.41, 5.74) is 0.582. The van der Waals surface area contributed by atoms with Crippen LogP contribution in [0.2, 0.25) is 5.02 Å². The maximum Gasteiger partial charge on any atom is 0.186 e. The predicted molar refractivity (Wildman–Crippen MR) is 72.4 cm³/mol. The van der Waals surface area contributed by atoms with E-state index in [1.54, 1.807) is 18.0 Å².